The van der Waals surface area contributed by atoms with E-state index in [1.165, 1.54) is 51.4 Å². The summed E-state index contributed by atoms with van der Waals surface area (Å²) in [6.07, 6.45) is 14.3. The van der Waals surface area contributed by atoms with Crippen LogP contribution in [-0.2, 0) is 14.3 Å². The predicted molar refractivity (Wildman–Crippen MR) is 109 cm³/mol. The van der Waals surface area contributed by atoms with Crippen LogP contribution in [0.5, 0.6) is 0 Å². The van der Waals surface area contributed by atoms with Crippen molar-refractivity contribution in [1.29, 1.82) is 0 Å². The Hall–Kier alpha value is -1.10. The first-order chi connectivity index (χ1) is 13.0. The molecule has 2 N–H and O–H groups in total. The van der Waals surface area contributed by atoms with E-state index < -0.39 is 11.9 Å². The topological polar surface area (TPSA) is 83.8 Å². The average Bonchev–Trinajstić information content (AvgIpc) is 2.59. The van der Waals surface area contributed by atoms with E-state index in [2.05, 4.69) is 13.8 Å². The van der Waals surface area contributed by atoms with Crippen LogP contribution in [0.1, 0.15) is 117 Å². The van der Waals surface area contributed by atoms with E-state index in [0.29, 0.717) is 12.8 Å². The molecule has 5 heteroatoms. The molecule has 0 aromatic rings. The molecule has 2 unspecified atom stereocenters. The molecule has 0 fully saturated rings. The fourth-order valence-electron chi connectivity index (χ4n) is 3.40. The van der Waals surface area contributed by atoms with Crippen LogP contribution in [-0.4, -0.2) is 34.4 Å². The summed E-state index contributed by atoms with van der Waals surface area (Å²) in [6, 6.07) is 0. The molecule has 0 amide bonds. The van der Waals surface area contributed by atoms with E-state index in [9.17, 15) is 9.59 Å². The van der Waals surface area contributed by atoms with Crippen LogP contribution in [0.4, 0.5) is 0 Å². The molecule has 0 aromatic heterocycles. The quantitative estimate of drug-likeness (QED) is 0.244. The van der Waals surface area contributed by atoms with Gasteiger partial charge in [0.15, 0.2) is 0 Å². The van der Waals surface area contributed by atoms with E-state index in [-0.39, 0.29) is 25.0 Å². The first-order valence-corrected chi connectivity index (χ1v) is 11.1. The van der Waals surface area contributed by atoms with Gasteiger partial charge in [0.1, 0.15) is 0 Å². The number of carbonyl (C=O) groups is 2. The highest BCUT2D eigenvalue weighted by Crippen LogP contribution is 2.19. The van der Waals surface area contributed by atoms with E-state index >= 15 is 0 Å². The Morgan fingerprint density at radius 3 is 1.30 bits per heavy atom. The van der Waals surface area contributed by atoms with Crippen LogP contribution < -0.4 is 0 Å². The highest BCUT2D eigenvalue weighted by atomic mass is 16.5. The van der Waals surface area contributed by atoms with Crippen molar-refractivity contribution < 1.29 is 24.5 Å². The van der Waals surface area contributed by atoms with Crippen LogP contribution in [0.25, 0.3) is 0 Å². The molecule has 0 aliphatic carbocycles. The minimum atomic E-state index is -0.875. The normalized spacial score (nSPS) is 13.4. The molecule has 0 radical (unpaired) electrons. The number of ether oxygens (including phenoxy) is 1. The average molecular weight is 387 g/mol. The third kappa shape index (κ3) is 18.0. The van der Waals surface area contributed by atoms with Gasteiger partial charge in [-0.05, 0) is 12.8 Å². The maximum Gasteiger partial charge on any atom is 0.305 e. The van der Waals surface area contributed by atoms with Crippen molar-refractivity contribution in [2.45, 2.75) is 129 Å². The second kappa shape index (κ2) is 18.3. The summed E-state index contributed by atoms with van der Waals surface area (Å²) in [7, 11) is 0. The molecule has 0 saturated carbocycles. The summed E-state index contributed by atoms with van der Waals surface area (Å²) in [6.45, 7) is 4.37. The summed E-state index contributed by atoms with van der Waals surface area (Å²) in [5.41, 5.74) is 0. The molecule has 0 aliphatic heterocycles. The van der Waals surface area contributed by atoms with E-state index in [0.717, 1.165) is 25.7 Å². The molecule has 0 rings (SSSR count). The predicted octanol–water partition coefficient (Wildman–Crippen LogP) is 6.19. The molecule has 2 atom stereocenters. The van der Waals surface area contributed by atoms with E-state index in [1.54, 1.807) is 0 Å². The Labute approximate surface area is 165 Å². The number of aliphatic carboxylic acids is 2. The zero-order chi connectivity index (χ0) is 20.3. The lowest BCUT2D eigenvalue weighted by atomic mass is 10.0. The highest BCUT2D eigenvalue weighted by molar-refractivity contribution is 5.68. The number of hydrogen-bond donors (Lipinski definition) is 2. The van der Waals surface area contributed by atoms with Gasteiger partial charge in [-0.2, -0.15) is 0 Å². The largest absolute Gasteiger partial charge is 0.481 e. The van der Waals surface area contributed by atoms with Gasteiger partial charge in [0.2, 0.25) is 0 Å². The number of unbranched alkanes of at least 4 members (excludes halogenated alkanes) is 10. The molecule has 0 heterocycles. The summed E-state index contributed by atoms with van der Waals surface area (Å²) < 4.78 is 5.97. The van der Waals surface area contributed by atoms with Gasteiger partial charge >= 0.3 is 11.9 Å². The lowest BCUT2D eigenvalue weighted by Crippen LogP contribution is -2.27. The third-order valence-electron chi connectivity index (χ3n) is 4.95. The summed E-state index contributed by atoms with van der Waals surface area (Å²) in [5, 5.41) is 18.3. The molecule has 5 nitrogen and oxygen atoms in total. The monoisotopic (exact) mass is 386 g/mol. The first kappa shape index (κ1) is 25.9. The maximum atomic E-state index is 11.2. The number of carboxylic acids is 2. The molecule has 0 saturated heterocycles. The van der Waals surface area contributed by atoms with Gasteiger partial charge in [-0.15, -0.1) is 0 Å². The lowest BCUT2D eigenvalue weighted by Gasteiger charge is -2.23. The van der Waals surface area contributed by atoms with Crippen LogP contribution in [0.2, 0.25) is 0 Å². The fraction of sp³-hybridized carbons (Fsp3) is 0.909. The zero-order valence-electron chi connectivity index (χ0n) is 17.6. The van der Waals surface area contributed by atoms with Gasteiger partial charge in [-0.3, -0.25) is 9.59 Å². The fourth-order valence-corrected chi connectivity index (χ4v) is 3.40. The first-order valence-electron chi connectivity index (χ1n) is 11.1. The van der Waals surface area contributed by atoms with Gasteiger partial charge in [0, 0.05) is 0 Å². The zero-order valence-corrected chi connectivity index (χ0v) is 17.6. The molecule has 27 heavy (non-hydrogen) atoms. The minimum absolute atomic E-state index is 0.0401. The smallest absolute Gasteiger partial charge is 0.305 e. The Bertz CT molecular complexity index is 336. The van der Waals surface area contributed by atoms with Crippen molar-refractivity contribution in [1.82, 2.24) is 0 Å². The standard InChI is InChI=1S/C22H42O5/c1-3-5-7-9-11-13-15-19(17-21(23)24)27-20(18-22(25)26)16-14-12-10-8-6-4-2/h19-20H,3-18H2,1-2H3,(H,23,24)(H,25,26). The second-order valence-electron chi connectivity index (χ2n) is 7.69. The molecule has 0 bridgehead atoms. The van der Waals surface area contributed by atoms with Gasteiger partial charge in [-0.25, -0.2) is 0 Å². The molecule has 0 aromatic carbocycles. The Balaban J connectivity index is 4.33. The van der Waals surface area contributed by atoms with Crippen molar-refractivity contribution in [3.05, 3.63) is 0 Å². The van der Waals surface area contributed by atoms with Crippen LogP contribution >= 0.6 is 0 Å². The maximum absolute atomic E-state index is 11.2. The van der Waals surface area contributed by atoms with Gasteiger partial charge in [0.05, 0.1) is 25.0 Å². The summed E-state index contributed by atoms with van der Waals surface area (Å²) >= 11 is 0. The van der Waals surface area contributed by atoms with Crippen molar-refractivity contribution in [2.24, 2.45) is 0 Å². The molecule has 0 aliphatic rings. The lowest BCUT2D eigenvalue weighted by molar-refractivity contribution is -0.145. The SMILES string of the molecule is CCCCCCCCC(CC(=O)O)OC(CCCCCCCC)CC(=O)O. The van der Waals surface area contributed by atoms with Crippen molar-refractivity contribution >= 4 is 11.9 Å². The number of rotatable bonds is 20. The Morgan fingerprint density at radius 1 is 0.630 bits per heavy atom. The van der Waals surface area contributed by atoms with E-state index in [1.807, 2.05) is 0 Å². The molecular formula is C22H42O5. The molecule has 0 spiro atoms. The summed E-state index contributed by atoms with van der Waals surface area (Å²) in [5.74, 6) is -1.75. The second-order valence-corrected chi connectivity index (χ2v) is 7.69. The third-order valence-corrected chi connectivity index (χ3v) is 4.95. The molecule has 160 valence electrons. The van der Waals surface area contributed by atoms with Crippen LogP contribution in [0.15, 0.2) is 0 Å². The van der Waals surface area contributed by atoms with Crippen molar-refractivity contribution in [2.75, 3.05) is 0 Å². The van der Waals surface area contributed by atoms with Gasteiger partial charge in [-0.1, -0.05) is 90.9 Å². The van der Waals surface area contributed by atoms with Gasteiger partial charge in [0.25, 0.3) is 0 Å². The minimum Gasteiger partial charge on any atom is -0.481 e. The van der Waals surface area contributed by atoms with Crippen molar-refractivity contribution in [3.63, 3.8) is 0 Å². The highest BCUT2D eigenvalue weighted by Gasteiger charge is 2.21. The Kier molecular flexibility index (Phi) is 17.5. The van der Waals surface area contributed by atoms with E-state index in [4.69, 9.17) is 14.9 Å². The van der Waals surface area contributed by atoms with Gasteiger partial charge < -0.3 is 14.9 Å². The Morgan fingerprint density at radius 2 is 0.963 bits per heavy atom. The molecular weight excluding hydrogens is 344 g/mol. The van der Waals surface area contributed by atoms with Crippen LogP contribution in [0.3, 0.4) is 0 Å². The van der Waals surface area contributed by atoms with Crippen LogP contribution in [0, 0.1) is 0 Å². The number of hydrogen-bond acceptors (Lipinski definition) is 3. The van der Waals surface area contributed by atoms with Crippen molar-refractivity contribution in [3.8, 4) is 0 Å². The summed E-state index contributed by atoms with van der Waals surface area (Å²) in [4.78, 5) is 22.3. The number of carboxylic acid groups (broad SMARTS) is 2.